The molecule has 0 saturated heterocycles. The van der Waals surface area contributed by atoms with Gasteiger partial charge < -0.3 is 19.8 Å². The van der Waals surface area contributed by atoms with Gasteiger partial charge in [0.05, 0.1) is 39.9 Å². The summed E-state index contributed by atoms with van der Waals surface area (Å²) in [6.07, 6.45) is 88.7. The first-order chi connectivity index (χ1) is 38.0. The van der Waals surface area contributed by atoms with E-state index in [0.717, 1.165) is 89.9 Å². The van der Waals surface area contributed by atoms with E-state index in [2.05, 4.69) is 141 Å². The molecule has 1 amide bonds. The molecule has 0 radical (unpaired) electrons. The summed E-state index contributed by atoms with van der Waals surface area (Å²) < 4.78 is 23.7. The lowest BCUT2D eigenvalue weighted by atomic mass is 10.0. The Morgan fingerprint density at radius 2 is 0.782 bits per heavy atom. The topological polar surface area (TPSA) is 105 Å². The molecule has 0 bridgehead atoms. The van der Waals surface area contributed by atoms with Crippen molar-refractivity contribution in [1.29, 1.82) is 0 Å². The number of phosphoric acid groups is 1. The molecule has 8 nitrogen and oxygen atoms in total. The largest absolute Gasteiger partial charge is 0.472 e. The average molecular weight is 1100 g/mol. The zero-order chi connectivity index (χ0) is 57.0. The number of quaternary nitrogens is 1. The van der Waals surface area contributed by atoms with E-state index in [-0.39, 0.29) is 25.5 Å². The molecule has 3 unspecified atom stereocenters. The second kappa shape index (κ2) is 58.3. The first-order valence-corrected chi connectivity index (χ1v) is 33.1. The number of nitrogens with one attached hydrogen (secondary N) is 1. The molecule has 0 aliphatic heterocycles. The minimum absolute atomic E-state index is 0.0370. The van der Waals surface area contributed by atoms with Crippen LogP contribution in [-0.2, 0) is 18.4 Å². The third-order valence-corrected chi connectivity index (χ3v) is 14.3. The van der Waals surface area contributed by atoms with Gasteiger partial charge in [-0.15, -0.1) is 0 Å². The number of rotatable bonds is 56. The highest BCUT2D eigenvalue weighted by Crippen LogP contribution is 2.43. The van der Waals surface area contributed by atoms with Crippen LogP contribution in [-0.4, -0.2) is 73.4 Å². The molecular formula is C69H120N2O6P+. The van der Waals surface area contributed by atoms with Gasteiger partial charge in [0.25, 0.3) is 0 Å². The Hall–Kier alpha value is -3.36. The molecule has 3 N–H and O–H groups in total. The minimum atomic E-state index is -4.39. The fraction of sp³-hybridized carbons (Fsp3) is 0.667. The number of amides is 1. The first kappa shape index (κ1) is 74.6. The van der Waals surface area contributed by atoms with E-state index in [1.54, 1.807) is 6.08 Å². The fourth-order valence-corrected chi connectivity index (χ4v) is 9.18. The highest BCUT2D eigenvalue weighted by Gasteiger charge is 2.27. The van der Waals surface area contributed by atoms with E-state index in [0.29, 0.717) is 17.4 Å². The Bertz CT molecular complexity index is 1730. The van der Waals surface area contributed by atoms with Crippen LogP contribution in [0.1, 0.15) is 245 Å². The molecule has 0 saturated carbocycles. The fourth-order valence-electron chi connectivity index (χ4n) is 8.44. The molecule has 0 aromatic rings. The molecule has 0 rings (SSSR count). The number of hydrogen-bond acceptors (Lipinski definition) is 5. The van der Waals surface area contributed by atoms with Crippen molar-refractivity contribution in [2.75, 3.05) is 40.9 Å². The zero-order valence-electron chi connectivity index (χ0n) is 50.9. The van der Waals surface area contributed by atoms with Crippen molar-refractivity contribution in [1.82, 2.24) is 5.32 Å². The summed E-state index contributed by atoms with van der Waals surface area (Å²) in [7, 11) is 1.50. The van der Waals surface area contributed by atoms with Crippen LogP contribution < -0.4 is 5.32 Å². The minimum Gasteiger partial charge on any atom is -0.387 e. The molecular weight excluding hydrogens is 984 g/mol. The van der Waals surface area contributed by atoms with Crippen LogP contribution in [0.5, 0.6) is 0 Å². The standard InChI is InChI=1S/C69H119N2O6P/c1-6-8-10-12-14-16-18-20-22-24-26-28-30-32-34-35-37-38-40-42-44-46-48-50-52-54-56-58-60-62-68(72)67(66-77-78(74,75)76-65-64-71(3,4)5)70-69(73)63-61-59-57-55-53-51-49-47-45-43-41-39-36-33-31-29-27-25-23-21-19-17-15-13-11-9-7-2/h9,11,15,17,21,23,27,29,33,36,41,43-44,46-47,49,52-55,60,62,67-68,72H,6-8,10,12-14,16,18-20,22,24-26,28,30-32,34-35,37-40,42,45,48,50-51,56-59,61,63-66H2,1-5H3,(H-,70,73,74,75)/p+1/b11-9-,17-15-,23-21-,29-27-,36-33-,43-41-,46-44+,49-47-,54-52+,55-53-,62-60+. The van der Waals surface area contributed by atoms with Crippen LogP contribution in [0.15, 0.2) is 134 Å². The lowest BCUT2D eigenvalue weighted by Crippen LogP contribution is -2.45. The molecule has 0 heterocycles. The summed E-state index contributed by atoms with van der Waals surface area (Å²) in [5.41, 5.74) is 0. The summed E-state index contributed by atoms with van der Waals surface area (Å²) in [5, 5.41) is 13.9. The van der Waals surface area contributed by atoms with Gasteiger partial charge >= 0.3 is 7.82 Å². The van der Waals surface area contributed by atoms with Gasteiger partial charge in [-0.2, -0.15) is 0 Å². The summed E-state index contributed by atoms with van der Waals surface area (Å²) in [4.78, 5) is 23.3. The van der Waals surface area contributed by atoms with Crippen molar-refractivity contribution < 1.29 is 32.9 Å². The Balaban J connectivity index is 4.35. The number of aliphatic hydroxyl groups is 1. The Morgan fingerprint density at radius 1 is 0.449 bits per heavy atom. The number of unbranched alkanes of at least 4 members (excludes halogenated alkanes) is 23. The maximum absolute atomic E-state index is 13.0. The SMILES string of the molecule is CC/C=C\C/C=C\C/C=C\C/C=C\C/C=C\C/C=C\C/C=C\C/C=C\CCCCC(=O)NC(COP(=O)(O)OCC[N+](C)(C)C)C(O)/C=C/CC/C=C/CC/C=C/CCCCCCCCCCCCCCCCCCCCC. The summed E-state index contributed by atoms with van der Waals surface area (Å²) in [6, 6.07) is -0.906. The van der Waals surface area contributed by atoms with Crippen molar-refractivity contribution in [3.63, 3.8) is 0 Å². The number of allylic oxidation sites excluding steroid dienone is 21. The molecule has 0 aliphatic rings. The van der Waals surface area contributed by atoms with Gasteiger partial charge in [-0.3, -0.25) is 13.8 Å². The van der Waals surface area contributed by atoms with E-state index >= 15 is 0 Å². The average Bonchev–Trinajstić information content (AvgIpc) is 3.41. The van der Waals surface area contributed by atoms with Gasteiger partial charge in [0, 0.05) is 6.42 Å². The van der Waals surface area contributed by atoms with Gasteiger partial charge in [-0.25, -0.2) is 4.57 Å². The van der Waals surface area contributed by atoms with Crippen molar-refractivity contribution in [3.8, 4) is 0 Å². The van der Waals surface area contributed by atoms with Crippen LogP contribution in [0.2, 0.25) is 0 Å². The Morgan fingerprint density at radius 3 is 1.18 bits per heavy atom. The second-order valence-corrected chi connectivity index (χ2v) is 23.5. The van der Waals surface area contributed by atoms with Gasteiger partial charge in [-0.05, 0) is 109 Å². The monoisotopic (exact) mass is 1100 g/mol. The highest BCUT2D eigenvalue weighted by molar-refractivity contribution is 7.47. The van der Waals surface area contributed by atoms with E-state index in [9.17, 15) is 19.4 Å². The zero-order valence-corrected chi connectivity index (χ0v) is 51.7. The van der Waals surface area contributed by atoms with Gasteiger partial charge in [0.2, 0.25) is 5.91 Å². The maximum atomic E-state index is 13.0. The predicted molar refractivity (Wildman–Crippen MR) is 341 cm³/mol. The smallest absolute Gasteiger partial charge is 0.387 e. The maximum Gasteiger partial charge on any atom is 0.472 e. The lowest BCUT2D eigenvalue weighted by Gasteiger charge is -2.25. The molecule has 9 heteroatoms. The quantitative estimate of drug-likeness (QED) is 0.0243. The molecule has 0 fully saturated rings. The third kappa shape index (κ3) is 60.3. The van der Waals surface area contributed by atoms with Gasteiger partial charge in [0.15, 0.2) is 0 Å². The van der Waals surface area contributed by atoms with Crippen LogP contribution in [0.3, 0.4) is 0 Å². The molecule has 0 spiro atoms. The Labute approximate surface area is 481 Å². The molecule has 78 heavy (non-hydrogen) atoms. The first-order valence-electron chi connectivity index (χ1n) is 31.6. The second-order valence-electron chi connectivity index (χ2n) is 22.0. The number of phosphoric ester groups is 1. The number of carbonyl (C=O) groups excluding carboxylic acids is 1. The van der Waals surface area contributed by atoms with E-state index in [1.165, 1.54) is 128 Å². The lowest BCUT2D eigenvalue weighted by molar-refractivity contribution is -0.870. The van der Waals surface area contributed by atoms with Crippen LogP contribution in [0.25, 0.3) is 0 Å². The number of aliphatic hydroxyl groups excluding tert-OH is 1. The summed E-state index contributed by atoms with van der Waals surface area (Å²) in [5.74, 6) is -0.237. The van der Waals surface area contributed by atoms with E-state index < -0.39 is 20.0 Å². The van der Waals surface area contributed by atoms with E-state index in [1.807, 2.05) is 27.2 Å². The number of likely N-dealkylation sites (N-methyl/N-ethyl adjacent to an activating group) is 1. The van der Waals surface area contributed by atoms with Gasteiger partial charge in [-0.1, -0.05) is 263 Å². The number of nitrogens with zero attached hydrogens (tertiary/aromatic N) is 1. The molecule has 0 aromatic carbocycles. The normalized spacial score (nSPS) is 14.7. The van der Waals surface area contributed by atoms with Crippen molar-refractivity contribution >= 4 is 13.7 Å². The van der Waals surface area contributed by atoms with Gasteiger partial charge in [0.1, 0.15) is 13.2 Å². The third-order valence-electron chi connectivity index (χ3n) is 13.3. The van der Waals surface area contributed by atoms with Crippen LogP contribution in [0.4, 0.5) is 0 Å². The molecule has 0 aromatic heterocycles. The molecule has 446 valence electrons. The van der Waals surface area contributed by atoms with Crippen molar-refractivity contribution in [2.45, 2.75) is 257 Å². The molecule has 0 aliphatic carbocycles. The number of hydrogen-bond donors (Lipinski definition) is 3. The van der Waals surface area contributed by atoms with Crippen LogP contribution in [0, 0.1) is 0 Å². The predicted octanol–water partition coefficient (Wildman–Crippen LogP) is 19.9. The van der Waals surface area contributed by atoms with Crippen molar-refractivity contribution in [2.24, 2.45) is 0 Å². The van der Waals surface area contributed by atoms with E-state index in [4.69, 9.17) is 9.05 Å². The van der Waals surface area contributed by atoms with Crippen molar-refractivity contribution in [3.05, 3.63) is 134 Å². The van der Waals surface area contributed by atoms with Crippen LogP contribution >= 0.6 is 7.82 Å². The Kier molecular flexibility index (Phi) is 55.8. The summed E-state index contributed by atoms with van der Waals surface area (Å²) >= 11 is 0. The summed E-state index contributed by atoms with van der Waals surface area (Å²) in [6.45, 7) is 4.64. The molecule has 3 atom stereocenters. The number of carbonyl (C=O) groups is 1. The highest BCUT2D eigenvalue weighted by atomic mass is 31.2.